The number of nitrogens with two attached hydrogens (primary N) is 1. The molecular weight excluding hydrogens is 964 g/mol. The molecule has 362 valence electrons. The van der Waals surface area contributed by atoms with Crippen molar-refractivity contribution < 1.29 is 93.8 Å². The molecule has 1 aromatic heterocycles. The fourth-order valence-corrected chi connectivity index (χ4v) is 9.71. The van der Waals surface area contributed by atoms with E-state index in [-0.39, 0.29) is 82.7 Å². The number of nitrogen functional groups attached to an aromatic ring is 1. The summed E-state index contributed by atoms with van der Waals surface area (Å²) in [6.07, 6.45) is 1.27. The third kappa shape index (κ3) is 13.2. The summed E-state index contributed by atoms with van der Waals surface area (Å²) in [4.78, 5) is 55.0. The van der Waals surface area contributed by atoms with E-state index in [2.05, 4.69) is 30.3 Å². The van der Waals surface area contributed by atoms with Gasteiger partial charge in [-0.3, -0.25) is 24.4 Å². The second kappa shape index (κ2) is 22.4. The van der Waals surface area contributed by atoms with Gasteiger partial charge in [0, 0.05) is 74.5 Å². The summed E-state index contributed by atoms with van der Waals surface area (Å²) in [6, 6.07) is 18.5. The molecule has 7 N–H and O–H groups in total. The van der Waals surface area contributed by atoms with Gasteiger partial charge in [0.2, 0.25) is 5.91 Å². The van der Waals surface area contributed by atoms with E-state index in [0.29, 0.717) is 39.0 Å². The normalized spacial score (nSPS) is 11.9. The molecule has 1 aliphatic heterocycles. The smallest absolute Gasteiger partial charge is 0.744 e. The van der Waals surface area contributed by atoms with Crippen molar-refractivity contribution in [1.29, 1.82) is 5.41 Å². The number of carboxylic acid groups (broad SMARTS) is 1. The molecular formula is C45H51N6NaO14S2Si. The summed E-state index contributed by atoms with van der Waals surface area (Å²) < 4.78 is 85.5. The number of amides is 3. The number of hydroxylamine groups is 2. The predicted molar refractivity (Wildman–Crippen MR) is 251 cm³/mol. The first-order valence-corrected chi connectivity index (χ1v) is 27.8. The number of carboxylic acids is 1. The fourth-order valence-electron chi connectivity index (χ4n) is 7.53. The Morgan fingerprint density at radius 3 is 2.28 bits per heavy atom. The zero-order chi connectivity index (χ0) is 49.7. The van der Waals surface area contributed by atoms with Gasteiger partial charge in [0.25, 0.3) is 16.0 Å². The minimum Gasteiger partial charge on any atom is -0.744 e. The van der Waals surface area contributed by atoms with Crippen molar-refractivity contribution in [2.75, 3.05) is 32.5 Å². The number of benzene rings is 4. The molecule has 0 fully saturated rings. The minimum absolute atomic E-state index is 0. The first-order valence-electron chi connectivity index (χ1n) is 21.3. The molecule has 0 bridgehead atoms. The number of anilines is 1. The number of aromatic nitrogens is 1. The van der Waals surface area contributed by atoms with Crippen LogP contribution in [0.25, 0.3) is 44.3 Å². The van der Waals surface area contributed by atoms with Crippen molar-refractivity contribution in [2.24, 2.45) is 0 Å². The SMILES string of the molecule is CN(OCc1cc2ccccc2n1CCC(=O)NCCCCCNC(=O)c1ccc(C(=O)O)c(-c2c3ccc(=N)c(S(=O)(=O)O)c-3oc3c(S(=O)(=O)[O-])c(N)ccc23)c1)C(=O)OCC[Si](C)(C)C.[Na+]. The third-order valence-corrected chi connectivity index (χ3v) is 14.5. The van der Waals surface area contributed by atoms with E-state index in [1.807, 2.05) is 34.9 Å². The number of carbonyl (C=O) groups is 4. The van der Waals surface area contributed by atoms with Crippen LogP contribution in [0, 0.1) is 5.41 Å². The van der Waals surface area contributed by atoms with E-state index >= 15 is 0 Å². The summed E-state index contributed by atoms with van der Waals surface area (Å²) in [6.45, 7) is 7.87. The van der Waals surface area contributed by atoms with Gasteiger partial charge in [-0.05, 0) is 90.9 Å². The Kier molecular flexibility index (Phi) is 17.6. The van der Waals surface area contributed by atoms with E-state index in [0.717, 1.165) is 45.9 Å². The second-order valence-corrected chi connectivity index (χ2v) is 25.4. The Bertz CT molecular complexity index is 3190. The Balaban J connectivity index is 0.00000888. The van der Waals surface area contributed by atoms with Crippen molar-refractivity contribution in [1.82, 2.24) is 20.3 Å². The van der Waals surface area contributed by atoms with Crippen molar-refractivity contribution in [3.8, 4) is 22.5 Å². The predicted octanol–water partition coefficient (Wildman–Crippen LogP) is 3.02. The standard InChI is InChI=1S/C45H52N6O14S2Si.Na/c1-50(45(56)63-22-23-68(2,3)4)64-26-29-24-27-10-6-7-11-36(27)51(29)21-18-37(52)48-19-8-5-9-20-49-43(53)28-12-13-30(44(54)55)33(25-28)38-31-14-16-34(46)41(66(57,58)59)39(31)65-40-32(38)15-17-35(47)42(40)67(60,61)62;/h6-7,10-17,24-25,46H,5,8-9,18-23,26,47H2,1-4H3,(H,48,52)(H,49,53)(H,54,55)(H,57,58,59)(H,60,61,62);/q;+1/p-1. The summed E-state index contributed by atoms with van der Waals surface area (Å²) in [5.74, 6) is -3.08. The molecule has 6 rings (SSSR count). The van der Waals surface area contributed by atoms with Crippen molar-refractivity contribution in [2.45, 2.75) is 74.3 Å². The number of para-hydroxylation sites is 1. The maximum atomic E-state index is 13.5. The van der Waals surface area contributed by atoms with Gasteiger partial charge in [-0.1, -0.05) is 37.8 Å². The van der Waals surface area contributed by atoms with Crippen LogP contribution in [0.2, 0.25) is 25.7 Å². The molecule has 0 saturated carbocycles. The summed E-state index contributed by atoms with van der Waals surface area (Å²) in [5.41, 5.74) is 5.08. The maximum Gasteiger partial charge on any atom is 1.00 e. The van der Waals surface area contributed by atoms with Crippen LogP contribution in [-0.2, 0) is 47.8 Å². The monoisotopic (exact) mass is 1010 g/mol. The van der Waals surface area contributed by atoms with E-state index < -0.39 is 84.0 Å². The molecule has 2 heterocycles. The van der Waals surface area contributed by atoms with Crippen LogP contribution in [0.1, 0.15) is 52.1 Å². The van der Waals surface area contributed by atoms with Crippen LogP contribution in [0.3, 0.4) is 0 Å². The molecule has 0 radical (unpaired) electrons. The molecule has 3 amide bonds. The zero-order valence-corrected chi connectivity index (χ0v) is 43.2. The molecule has 0 spiro atoms. The van der Waals surface area contributed by atoms with Crippen LogP contribution in [0.4, 0.5) is 10.5 Å². The summed E-state index contributed by atoms with van der Waals surface area (Å²) in [7, 11) is -10.6. The minimum atomic E-state index is -5.43. The number of aromatic carboxylic acids is 1. The van der Waals surface area contributed by atoms with Gasteiger partial charge in [-0.25, -0.2) is 18.0 Å². The molecule has 0 saturated heterocycles. The van der Waals surface area contributed by atoms with E-state index in [1.54, 1.807) is 0 Å². The quantitative estimate of drug-likeness (QED) is 0.0160. The van der Waals surface area contributed by atoms with E-state index in [1.165, 1.54) is 31.3 Å². The molecule has 0 unspecified atom stereocenters. The molecule has 24 heteroatoms. The van der Waals surface area contributed by atoms with Crippen LogP contribution < -0.4 is 51.3 Å². The number of aryl methyl sites for hydroxylation is 1. The van der Waals surface area contributed by atoms with Crippen molar-refractivity contribution in [3.63, 3.8) is 0 Å². The number of carbonyl (C=O) groups excluding carboxylic acids is 3. The zero-order valence-electron chi connectivity index (χ0n) is 38.6. The van der Waals surface area contributed by atoms with Gasteiger partial charge < -0.3 is 39.7 Å². The number of hydrogen-bond acceptors (Lipinski definition) is 14. The number of fused-ring (bicyclic) bond motifs is 3. The van der Waals surface area contributed by atoms with Gasteiger partial charge in [0.15, 0.2) is 16.2 Å². The Morgan fingerprint density at radius 1 is 0.913 bits per heavy atom. The number of hydrogen-bond donors (Lipinski definition) is 6. The fraction of sp³-hybridized carbons (Fsp3) is 0.311. The number of nitrogens with one attached hydrogen (secondary N) is 3. The number of rotatable bonds is 20. The average Bonchev–Trinajstić information content (AvgIpc) is 3.61. The maximum absolute atomic E-state index is 13.5. The van der Waals surface area contributed by atoms with Crippen molar-refractivity contribution >= 4 is 79.7 Å². The molecule has 20 nitrogen and oxygen atoms in total. The number of unbranched alkanes of at least 4 members (excludes halogenated alkanes) is 2. The number of nitrogens with zero attached hydrogens (tertiary/aromatic N) is 2. The van der Waals surface area contributed by atoms with Gasteiger partial charge in [0.1, 0.15) is 21.6 Å². The first kappa shape index (κ1) is 54.3. The third-order valence-electron chi connectivity index (χ3n) is 10.9. The first-order chi connectivity index (χ1) is 32.0. The molecule has 4 aromatic rings. The van der Waals surface area contributed by atoms with Crippen molar-refractivity contribution in [3.05, 3.63) is 95.0 Å². The van der Waals surface area contributed by atoms with Crippen LogP contribution in [-0.4, -0.2) is 99.4 Å². The molecule has 2 aliphatic rings. The van der Waals surface area contributed by atoms with E-state index in [9.17, 15) is 50.2 Å². The van der Waals surface area contributed by atoms with Gasteiger partial charge in [0.05, 0.1) is 23.2 Å². The average molecular weight is 1020 g/mol. The topological polar surface area (TPSA) is 314 Å². The molecule has 0 atom stereocenters. The van der Waals surface area contributed by atoms with E-state index in [4.69, 9.17) is 25.1 Å². The van der Waals surface area contributed by atoms with Gasteiger partial charge in [-0.15, -0.1) is 0 Å². The Morgan fingerprint density at radius 2 is 1.61 bits per heavy atom. The summed E-state index contributed by atoms with van der Waals surface area (Å²) in [5, 5.41) is 25.1. The van der Waals surface area contributed by atoms with Gasteiger partial charge >= 0.3 is 41.6 Å². The molecule has 69 heavy (non-hydrogen) atoms. The largest absolute Gasteiger partial charge is 1.00 e. The number of ether oxygens (including phenoxy) is 1. The van der Waals surface area contributed by atoms with Crippen LogP contribution in [0.5, 0.6) is 0 Å². The van der Waals surface area contributed by atoms with Gasteiger partial charge in [-0.2, -0.15) is 13.5 Å². The molecule has 3 aromatic carbocycles. The summed E-state index contributed by atoms with van der Waals surface area (Å²) >= 11 is 0. The van der Waals surface area contributed by atoms with Crippen LogP contribution in [0.15, 0.2) is 87.0 Å². The Hall–Kier alpha value is -5.63. The second-order valence-electron chi connectivity index (χ2n) is 17.1. The molecule has 1 aliphatic carbocycles. The Labute approximate surface area is 420 Å². The van der Waals surface area contributed by atoms with Crippen LogP contribution >= 0.6 is 0 Å².